The van der Waals surface area contributed by atoms with Crippen LogP contribution < -0.4 is 10.6 Å². The van der Waals surface area contributed by atoms with Crippen molar-refractivity contribution < 1.29 is 13.2 Å². The Morgan fingerprint density at radius 3 is 2.15 bits per heavy atom. The summed E-state index contributed by atoms with van der Waals surface area (Å²) < 4.78 is 37.0. The van der Waals surface area contributed by atoms with E-state index in [0.717, 1.165) is 0 Å². The van der Waals surface area contributed by atoms with Crippen LogP contribution in [0.3, 0.4) is 0 Å². The fraction of sp³-hybridized carbons (Fsp3) is 0.692. The van der Waals surface area contributed by atoms with Crippen LogP contribution in [0.4, 0.5) is 24.8 Å². The Bertz CT molecular complexity index is 452. The largest absolute Gasteiger partial charge is 0.391 e. The molecule has 1 heterocycles. The van der Waals surface area contributed by atoms with Crippen LogP contribution in [0.25, 0.3) is 0 Å². The second kappa shape index (κ2) is 5.85. The quantitative estimate of drug-likeness (QED) is 0.890. The van der Waals surface area contributed by atoms with Crippen molar-refractivity contribution in [3.63, 3.8) is 0 Å². The smallest absolute Gasteiger partial charge is 0.373 e. The molecular weight excluding hydrogens is 269 g/mol. The van der Waals surface area contributed by atoms with Gasteiger partial charge >= 0.3 is 6.18 Å². The van der Waals surface area contributed by atoms with Crippen LogP contribution in [-0.4, -0.2) is 29.2 Å². The molecule has 114 valence electrons. The Morgan fingerprint density at radius 1 is 1.15 bits per heavy atom. The van der Waals surface area contributed by atoms with Crippen molar-refractivity contribution in [1.29, 1.82) is 0 Å². The number of hydrogen-bond donors (Lipinski definition) is 2. The van der Waals surface area contributed by atoms with E-state index in [9.17, 15) is 13.2 Å². The van der Waals surface area contributed by atoms with Gasteiger partial charge in [-0.25, -0.2) is 9.97 Å². The molecule has 1 rings (SSSR count). The van der Waals surface area contributed by atoms with Crippen molar-refractivity contribution in [3.05, 3.63) is 11.9 Å². The van der Waals surface area contributed by atoms with Gasteiger partial charge < -0.3 is 10.6 Å². The van der Waals surface area contributed by atoms with E-state index in [2.05, 4.69) is 20.6 Å². The Balaban J connectivity index is 2.95. The van der Waals surface area contributed by atoms with Gasteiger partial charge in [0.25, 0.3) is 0 Å². The predicted molar refractivity (Wildman–Crippen MR) is 74.0 cm³/mol. The molecular formula is C13H21F3N4. The van der Waals surface area contributed by atoms with E-state index in [0.29, 0.717) is 17.5 Å². The maximum absolute atomic E-state index is 12.3. The van der Waals surface area contributed by atoms with Crippen molar-refractivity contribution in [2.75, 3.05) is 17.7 Å². The van der Waals surface area contributed by atoms with Crippen LogP contribution >= 0.6 is 0 Å². The van der Waals surface area contributed by atoms with Crippen LogP contribution in [0, 0.1) is 0 Å². The molecule has 0 aromatic carbocycles. The number of rotatable bonds is 4. The predicted octanol–water partition coefficient (Wildman–Crippen LogP) is 3.57. The summed E-state index contributed by atoms with van der Waals surface area (Å²) in [6.07, 6.45) is -5.10. The number of alkyl halides is 3. The van der Waals surface area contributed by atoms with Gasteiger partial charge in [0.05, 0.1) is 6.42 Å². The zero-order valence-corrected chi connectivity index (χ0v) is 12.4. The highest BCUT2D eigenvalue weighted by Gasteiger charge is 2.30. The maximum Gasteiger partial charge on any atom is 0.391 e. The molecule has 0 aliphatic heterocycles. The van der Waals surface area contributed by atoms with Gasteiger partial charge in [0, 0.05) is 24.6 Å². The lowest BCUT2D eigenvalue weighted by Gasteiger charge is -2.21. The Morgan fingerprint density at radius 2 is 1.70 bits per heavy atom. The topological polar surface area (TPSA) is 49.8 Å². The summed E-state index contributed by atoms with van der Waals surface area (Å²) in [4.78, 5) is 8.61. The standard InChI is InChI=1S/C13H21F3N4/c1-8(7-13(14,15)16)18-10-6-9(17-5)19-11(20-10)12(2,3)4/h6,8H,7H2,1-5H3,(H2,17,18,19,20). The van der Waals surface area contributed by atoms with Crippen LogP contribution in [0.5, 0.6) is 0 Å². The Hall–Kier alpha value is -1.53. The van der Waals surface area contributed by atoms with E-state index < -0.39 is 18.6 Å². The highest BCUT2D eigenvalue weighted by molar-refractivity contribution is 5.48. The van der Waals surface area contributed by atoms with Crippen LogP contribution in [0.1, 0.15) is 39.9 Å². The molecule has 0 radical (unpaired) electrons. The minimum absolute atomic E-state index is 0.281. The van der Waals surface area contributed by atoms with E-state index in [1.165, 1.54) is 6.92 Å². The van der Waals surface area contributed by atoms with Gasteiger partial charge in [-0.2, -0.15) is 13.2 Å². The van der Waals surface area contributed by atoms with Gasteiger partial charge in [-0.1, -0.05) is 20.8 Å². The second-order valence-corrected chi connectivity index (χ2v) is 5.83. The first-order chi connectivity index (χ1) is 9.01. The molecule has 1 atom stereocenters. The van der Waals surface area contributed by atoms with Crippen LogP contribution in [0.15, 0.2) is 6.07 Å². The molecule has 0 bridgehead atoms. The summed E-state index contributed by atoms with van der Waals surface area (Å²) in [5.74, 6) is 1.55. The van der Waals surface area contributed by atoms with Crippen LogP contribution in [-0.2, 0) is 5.41 Å². The van der Waals surface area contributed by atoms with Gasteiger partial charge in [-0.15, -0.1) is 0 Å². The molecule has 0 aliphatic carbocycles. The average molecular weight is 290 g/mol. The van der Waals surface area contributed by atoms with Gasteiger partial charge in [0.2, 0.25) is 0 Å². The fourth-order valence-electron chi connectivity index (χ4n) is 1.64. The SMILES string of the molecule is CNc1cc(NC(C)CC(F)(F)F)nc(C(C)(C)C)n1. The third kappa shape index (κ3) is 5.22. The van der Waals surface area contributed by atoms with Crippen LogP contribution in [0.2, 0.25) is 0 Å². The van der Waals surface area contributed by atoms with Crippen molar-refractivity contribution in [2.24, 2.45) is 0 Å². The minimum Gasteiger partial charge on any atom is -0.373 e. The summed E-state index contributed by atoms with van der Waals surface area (Å²) in [7, 11) is 1.71. The molecule has 7 heteroatoms. The maximum atomic E-state index is 12.3. The highest BCUT2D eigenvalue weighted by Crippen LogP contribution is 2.25. The third-order valence-electron chi connectivity index (χ3n) is 2.59. The molecule has 0 saturated heterocycles. The number of anilines is 2. The minimum atomic E-state index is -4.20. The molecule has 1 aromatic rings. The molecule has 20 heavy (non-hydrogen) atoms. The van der Waals surface area contributed by atoms with Gasteiger partial charge in [-0.3, -0.25) is 0 Å². The summed E-state index contributed by atoms with van der Waals surface area (Å²) in [5.41, 5.74) is -0.281. The van der Waals surface area contributed by atoms with E-state index in [-0.39, 0.29) is 5.41 Å². The molecule has 1 unspecified atom stereocenters. The van der Waals surface area contributed by atoms with E-state index >= 15 is 0 Å². The number of hydrogen-bond acceptors (Lipinski definition) is 4. The lowest BCUT2D eigenvalue weighted by Crippen LogP contribution is -2.25. The molecule has 0 amide bonds. The van der Waals surface area contributed by atoms with Crippen molar-refractivity contribution in [3.8, 4) is 0 Å². The Labute approximate surface area is 117 Å². The van der Waals surface area contributed by atoms with Gasteiger partial charge in [-0.05, 0) is 6.92 Å². The van der Waals surface area contributed by atoms with Gasteiger partial charge in [0.15, 0.2) is 0 Å². The van der Waals surface area contributed by atoms with Crippen molar-refractivity contribution in [2.45, 2.75) is 51.7 Å². The first kappa shape index (κ1) is 16.5. The van der Waals surface area contributed by atoms with Gasteiger partial charge in [0.1, 0.15) is 17.5 Å². The summed E-state index contributed by atoms with van der Waals surface area (Å²) in [6.45, 7) is 7.32. The average Bonchev–Trinajstić information content (AvgIpc) is 2.24. The van der Waals surface area contributed by atoms with E-state index in [1.807, 2.05) is 20.8 Å². The summed E-state index contributed by atoms with van der Waals surface area (Å²) in [5, 5.41) is 5.66. The monoisotopic (exact) mass is 290 g/mol. The lowest BCUT2D eigenvalue weighted by atomic mass is 9.96. The molecule has 0 aliphatic rings. The molecule has 0 saturated carbocycles. The van der Waals surface area contributed by atoms with Crippen molar-refractivity contribution >= 4 is 11.6 Å². The summed E-state index contributed by atoms with van der Waals surface area (Å²) in [6, 6.07) is 0.852. The highest BCUT2D eigenvalue weighted by atomic mass is 19.4. The molecule has 1 aromatic heterocycles. The number of halogens is 3. The first-order valence-electron chi connectivity index (χ1n) is 6.42. The fourth-order valence-corrected chi connectivity index (χ4v) is 1.64. The number of nitrogens with zero attached hydrogens (tertiary/aromatic N) is 2. The normalized spacial score (nSPS) is 14.0. The van der Waals surface area contributed by atoms with E-state index in [4.69, 9.17) is 0 Å². The third-order valence-corrected chi connectivity index (χ3v) is 2.59. The molecule has 0 fully saturated rings. The zero-order valence-electron chi connectivity index (χ0n) is 12.4. The molecule has 2 N–H and O–H groups in total. The molecule has 0 spiro atoms. The Kier molecular flexibility index (Phi) is 4.83. The zero-order chi connectivity index (χ0) is 15.6. The van der Waals surface area contributed by atoms with Crippen molar-refractivity contribution in [1.82, 2.24) is 9.97 Å². The molecule has 4 nitrogen and oxygen atoms in total. The second-order valence-electron chi connectivity index (χ2n) is 5.83. The number of nitrogens with one attached hydrogen (secondary N) is 2. The number of aromatic nitrogens is 2. The van der Waals surface area contributed by atoms with E-state index in [1.54, 1.807) is 13.1 Å². The lowest BCUT2D eigenvalue weighted by molar-refractivity contribution is -0.136. The first-order valence-corrected chi connectivity index (χ1v) is 6.42. The summed E-state index contributed by atoms with van der Waals surface area (Å²) >= 11 is 0.